The van der Waals surface area contributed by atoms with Crippen LogP contribution in [-0.4, -0.2) is 11.1 Å². The van der Waals surface area contributed by atoms with Crippen molar-refractivity contribution in [2.45, 2.75) is 52.1 Å². The highest BCUT2D eigenvalue weighted by Crippen LogP contribution is 2.39. The monoisotopic (exact) mass is 328 g/mol. The third kappa shape index (κ3) is 3.64. The zero-order valence-electron chi connectivity index (χ0n) is 14.2. The van der Waals surface area contributed by atoms with Crippen LogP contribution in [0.3, 0.4) is 0 Å². The Balaban J connectivity index is 1.86. The van der Waals surface area contributed by atoms with Crippen LogP contribution in [0.4, 0.5) is 0 Å². The third-order valence-electron chi connectivity index (χ3n) is 4.83. The number of hydrogen-bond acceptors (Lipinski definition) is 3. The molecule has 0 amide bonds. The van der Waals surface area contributed by atoms with Crippen molar-refractivity contribution >= 4 is 5.97 Å². The van der Waals surface area contributed by atoms with Crippen LogP contribution in [0.15, 0.2) is 34.7 Å². The summed E-state index contributed by atoms with van der Waals surface area (Å²) in [5.41, 5.74) is 1.38. The molecule has 1 heterocycles. The normalized spacial score (nSPS) is 16.8. The second-order valence-electron chi connectivity index (χ2n) is 6.63. The van der Waals surface area contributed by atoms with Crippen LogP contribution in [0.5, 0.6) is 5.75 Å². The van der Waals surface area contributed by atoms with Gasteiger partial charge in [0.2, 0.25) is 0 Å². The molecule has 1 aromatic heterocycles. The average molecular weight is 328 g/mol. The molecule has 1 aliphatic carbocycles. The molecule has 4 nitrogen and oxygen atoms in total. The van der Waals surface area contributed by atoms with Gasteiger partial charge in [0.25, 0.3) is 0 Å². The summed E-state index contributed by atoms with van der Waals surface area (Å²) >= 11 is 0. The Morgan fingerprint density at radius 2 is 1.83 bits per heavy atom. The number of aromatic carboxylic acids is 1. The van der Waals surface area contributed by atoms with Gasteiger partial charge in [0, 0.05) is 11.5 Å². The first-order valence-corrected chi connectivity index (χ1v) is 8.61. The smallest absolute Gasteiger partial charge is 0.335 e. The van der Waals surface area contributed by atoms with Crippen molar-refractivity contribution in [2.24, 2.45) is 5.92 Å². The van der Waals surface area contributed by atoms with Crippen LogP contribution < -0.4 is 4.74 Å². The number of carboxylic acid groups (broad SMARTS) is 1. The number of rotatable bonds is 5. The average Bonchev–Trinajstić information content (AvgIpc) is 2.92. The molecule has 0 bridgehead atoms. The van der Waals surface area contributed by atoms with Crippen molar-refractivity contribution in [1.29, 1.82) is 0 Å². The van der Waals surface area contributed by atoms with Crippen molar-refractivity contribution in [1.82, 2.24) is 0 Å². The van der Waals surface area contributed by atoms with Crippen molar-refractivity contribution in [3.05, 3.63) is 53.0 Å². The Morgan fingerprint density at radius 1 is 1.17 bits per heavy atom. The summed E-state index contributed by atoms with van der Waals surface area (Å²) in [4.78, 5) is 11.0. The third-order valence-corrected chi connectivity index (χ3v) is 4.83. The van der Waals surface area contributed by atoms with E-state index >= 15 is 0 Å². The van der Waals surface area contributed by atoms with Crippen LogP contribution in [0.1, 0.15) is 65.7 Å². The largest absolute Gasteiger partial charge is 0.485 e. The molecular formula is C20H24O4. The molecule has 24 heavy (non-hydrogen) atoms. The quantitative estimate of drug-likeness (QED) is 0.809. The van der Waals surface area contributed by atoms with Crippen LogP contribution in [0.25, 0.3) is 0 Å². The van der Waals surface area contributed by atoms with Gasteiger partial charge in [-0.25, -0.2) is 4.79 Å². The van der Waals surface area contributed by atoms with Gasteiger partial charge in [-0.1, -0.05) is 19.3 Å². The minimum absolute atomic E-state index is 0.0431. The standard InChI is InChI=1S/C20H24O4/c1-13-12-18(14(2)23-13)19(15-6-4-3-5-7-15)24-17-10-8-16(9-11-17)20(21)22/h8-12,15,19H,3-7H2,1-2H3,(H,21,22). The van der Waals surface area contributed by atoms with Crippen LogP contribution >= 0.6 is 0 Å². The number of carboxylic acids is 1. The van der Waals surface area contributed by atoms with E-state index in [0.717, 1.165) is 29.9 Å². The number of hydrogen-bond donors (Lipinski definition) is 1. The fourth-order valence-corrected chi connectivity index (χ4v) is 3.61. The number of aryl methyl sites for hydroxylation is 2. The van der Waals surface area contributed by atoms with E-state index in [4.69, 9.17) is 14.3 Å². The first-order valence-electron chi connectivity index (χ1n) is 8.61. The van der Waals surface area contributed by atoms with E-state index < -0.39 is 5.97 Å². The van der Waals surface area contributed by atoms with Crippen LogP contribution in [0, 0.1) is 19.8 Å². The van der Waals surface area contributed by atoms with E-state index in [1.54, 1.807) is 24.3 Å². The zero-order valence-corrected chi connectivity index (χ0v) is 14.2. The summed E-state index contributed by atoms with van der Waals surface area (Å²) in [6.07, 6.45) is 6.03. The van der Waals surface area contributed by atoms with Gasteiger partial charge in [-0.15, -0.1) is 0 Å². The predicted molar refractivity (Wildman–Crippen MR) is 91.5 cm³/mol. The first kappa shape index (κ1) is 16.6. The molecule has 3 rings (SSSR count). The zero-order chi connectivity index (χ0) is 17.1. The van der Waals surface area contributed by atoms with E-state index in [1.807, 2.05) is 13.8 Å². The Morgan fingerprint density at radius 3 is 2.38 bits per heavy atom. The molecule has 2 aromatic rings. The molecule has 1 fully saturated rings. The van der Waals surface area contributed by atoms with Crippen LogP contribution in [0.2, 0.25) is 0 Å². The maximum atomic E-state index is 11.0. The summed E-state index contributed by atoms with van der Waals surface area (Å²) in [6, 6.07) is 8.72. The summed E-state index contributed by atoms with van der Waals surface area (Å²) in [5, 5.41) is 9.03. The number of benzene rings is 1. The Bertz CT molecular complexity index is 693. The topological polar surface area (TPSA) is 59.7 Å². The molecule has 1 atom stereocenters. The SMILES string of the molecule is Cc1cc(C(Oc2ccc(C(=O)O)cc2)C2CCCCC2)c(C)o1. The highest BCUT2D eigenvalue weighted by atomic mass is 16.5. The molecule has 0 aliphatic heterocycles. The molecule has 1 saturated carbocycles. The van der Waals surface area contributed by atoms with E-state index in [9.17, 15) is 4.79 Å². The number of ether oxygens (including phenoxy) is 1. The summed E-state index contributed by atoms with van der Waals surface area (Å²) in [5.74, 6) is 2.05. The lowest BCUT2D eigenvalue weighted by Crippen LogP contribution is -2.21. The highest BCUT2D eigenvalue weighted by Gasteiger charge is 2.29. The van der Waals surface area contributed by atoms with Gasteiger partial charge < -0.3 is 14.3 Å². The second-order valence-corrected chi connectivity index (χ2v) is 6.63. The van der Waals surface area contributed by atoms with Crippen molar-refractivity contribution in [3.63, 3.8) is 0 Å². The van der Waals surface area contributed by atoms with Gasteiger partial charge in [-0.2, -0.15) is 0 Å². The minimum atomic E-state index is -0.924. The van der Waals surface area contributed by atoms with E-state index in [-0.39, 0.29) is 11.7 Å². The van der Waals surface area contributed by atoms with E-state index in [2.05, 4.69) is 6.07 Å². The first-order chi connectivity index (χ1) is 11.5. The molecule has 1 N–H and O–H groups in total. The molecule has 128 valence electrons. The molecule has 1 aliphatic rings. The molecule has 1 unspecified atom stereocenters. The molecule has 0 saturated heterocycles. The van der Waals surface area contributed by atoms with E-state index in [1.165, 1.54) is 19.3 Å². The Labute approximate surface area is 142 Å². The van der Waals surface area contributed by atoms with Crippen molar-refractivity contribution in [3.8, 4) is 5.75 Å². The molecular weight excluding hydrogens is 304 g/mol. The molecule has 0 radical (unpaired) electrons. The van der Waals surface area contributed by atoms with Crippen molar-refractivity contribution < 1.29 is 19.1 Å². The molecule has 0 spiro atoms. The van der Waals surface area contributed by atoms with Gasteiger partial charge in [0.15, 0.2) is 0 Å². The summed E-state index contributed by atoms with van der Waals surface area (Å²) < 4.78 is 12.0. The van der Waals surface area contributed by atoms with Crippen LogP contribution in [-0.2, 0) is 0 Å². The minimum Gasteiger partial charge on any atom is -0.485 e. The van der Waals surface area contributed by atoms with Gasteiger partial charge in [0.05, 0.1) is 5.56 Å². The highest BCUT2D eigenvalue weighted by molar-refractivity contribution is 5.87. The lowest BCUT2D eigenvalue weighted by molar-refractivity contribution is 0.0696. The van der Waals surface area contributed by atoms with Gasteiger partial charge in [-0.3, -0.25) is 0 Å². The second kappa shape index (κ2) is 7.12. The predicted octanol–water partition coefficient (Wildman–Crippen LogP) is 5.30. The maximum Gasteiger partial charge on any atom is 0.335 e. The van der Waals surface area contributed by atoms with Gasteiger partial charge >= 0.3 is 5.97 Å². The fourth-order valence-electron chi connectivity index (χ4n) is 3.61. The molecule has 4 heteroatoms. The number of furan rings is 1. The van der Waals surface area contributed by atoms with Crippen molar-refractivity contribution in [2.75, 3.05) is 0 Å². The fraction of sp³-hybridized carbons (Fsp3) is 0.450. The van der Waals surface area contributed by atoms with Gasteiger partial charge in [-0.05, 0) is 57.0 Å². The lowest BCUT2D eigenvalue weighted by atomic mass is 9.82. The van der Waals surface area contributed by atoms with E-state index in [0.29, 0.717) is 11.7 Å². The Hall–Kier alpha value is -2.23. The maximum absolute atomic E-state index is 11.0. The summed E-state index contributed by atoms with van der Waals surface area (Å²) in [6.45, 7) is 3.94. The molecule has 1 aromatic carbocycles. The number of carbonyl (C=O) groups is 1. The Kier molecular flexibility index (Phi) is 4.93. The van der Waals surface area contributed by atoms with Gasteiger partial charge in [0.1, 0.15) is 23.4 Å². The summed E-state index contributed by atoms with van der Waals surface area (Å²) in [7, 11) is 0. The lowest BCUT2D eigenvalue weighted by Gasteiger charge is -2.30.